The molecule has 0 fully saturated rings. The summed E-state index contributed by atoms with van der Waals surface area (Å²) >= 11 is 0. The number of ether oxygens (including phenoxy) is 2. The first-order chi connectivity index (χ1) is 6.65. The summed E-state index contributed by atoms with van der Waals surface area (Å²) in [7, 11) is 3.18. The molecule has 0 spiro atoms. The van der Waals surface area contributed by atoms with Crippen molar-refractivity contribution in [3.05, 3.63) is 11.8 Å². The van der Waals surface area contributed by atoms with Gasteiger partial charge < -0.3 is 14.6 Å². The molecule has 0 amide bonds. The van der Waals surface area contributed by atoms with Crippen molar-refractivity contribution < 1.29 is 19.4 Å². The Bertz CT molecular complexity index is 321. The van der Waals surface area contributed by atoms with Gasteiger partial charge in [0.25, 0.3) is 0 Å². The molecular formula is C8H12N2O4. The van der Waals surface area contributed by atoms with Crippen molar-refractivity contribution in [2.45, 2.75) is 0 Å². The molecule has 0 atom stereocenters. The van der Waals surface area contributed by atoms with E-state index in [1.54, 1.807) is 14.2 Å². The average molecular weight is 200 g/mol. The van der Waals surface area contributed by atoms with Crippen LogP contribution in [0.3, 0.4) is 0 Å². The van der Waals surface area contributed by atoms with Gasteiger partial charge in [0, 0.05) is 20.2 Å². The molecule has 6 heteroatoms. The predicted molar refractivity (Wildman–Crippen MR) is 47.5 cm³/mol. The minimum absolute atomic E-state index is 0.0279. The van der Waals surface area contributed by atoms with Crippen LogP contribution in [-0.4, -0.2) is 41.2 Å². The van der Waals surface area contributed by atoms with Crippen LogP contribution < -0.4 is 4.74 Å². The molecule has 1 aromatic rings. The van der Waals surface area contributed by atoms with Gasteiger partial charge in [-0.25, -0.2) is 9.48 Å². The number of rotatable bonds is 5. The van der Waals surface area contributed by atoms with E-state index in [9.17, 15) is 4.79 Å². The van der Waals surface area contributed by atoms with Gasteiger partial charge in [0.2, 0.25) is 5.88 Å². The summed E-state index contributed by atoms with van der Waals surface area (Å²) in [5.74, 6) is -0.651. The first-order valence-corrected chi connectivity index (χ1v) is 4.04. The second-order valence-corrected chi connectivity index (χ2v) is 2.64. The highest BCUT2D eigenvalue weighted by Crippen LogP contribution is 2.11. The molecule has 0 aliphatic carbocycles. The first kappa shape index (κ1) is 10.5. The van der Waals surface area contributed by atoms with Crippen molar-refractivity contribution in [1.29, 1.82) is 0 Å². The lowest BCUT2D eigenvalue weighted by molar-refractivity contribution is 0.0689. The molecule has 0 bridgehead atoms. The van der Waals surface area contributed by atoms with Gasteiger partial charge in [0.05, 0.1) is 6.61 Å². The maximum Gasteiger partial charge on any atom is 0.356 e. The fourth-order valence-electron chi connectivity index (χ4n) is 0.919. The number of methoxy groups -OCH3 is 1. The molecule has 0 radical (unpaired) electrons. The molecule has 0 unspecified atom stereocenters. The monoisotopic (exact) mass is 200 g/mol. The van der Waals surface area contributed by atoms with Gasteiger partial charge in [-0.3, -0.25) is 0 Å². The minimum atomic E-state index is -1.07. The van der Waals surface area contributed by atoms with Gasteiger partial charge in [-0.05, 0) is 0 Å². The molecule has 1 heterocycles. The van der Waals surface area contributed by atoms with Gasteiger partial charge >= 0.3 is 5.97 Å². The Morgan fingerprint density at radius 3 is 2.86 bits per heavy atom. The molecule has 0 aliphatic rings. The highest BCUT2D eigenvalue weighted by Gasteiger charge is 2.11. The summed E-state index contributed by atoms with van der Waals surface area (Å²) in [5, 5.41) is 12.4. The summed E-state index contributed by atoms with van der Waals surface area (Å²) in [5.41, 5.74) is -0.0279. The van der Waals surface area contributed by atoms with Crippen LogP contribution in [0.25, 0.3) is 0 Å². The summed E-state index contributed by atoms with van der Waals surface area (Å²) in [6.45, 7) is 0.822. The Hall–Kier alpha value is -1.56. The third-order valence-electron chi connectivity index (χ3n) is 1.59. The van der Waals surface area contributed by atoms with E-state index in [2.05, 4.69) is 5.10 Å². The fourth-order valence-corrected chi connectivity index (χ4v) is 0.919. The maximum atomic E-state index is 10.5. The van der Waals surface area contributed by atoms with Gasteiger partial charge in [0.15, 0.2) is 5.69 Å². The van der Waals surface area contributed by atoms with Crippen LogP contribution in [-0.2, 0) is 11.8 Å². The van der Waals surface area contributed by atoms with Crippen molar-refractivity contribution in [3.8, 4) is 5.88 Å². The van der Waals surface area contributed by atoms with Gasteiger partial charge in [-0.15, -0.1) is 0 Å². The van der Waals surface area contributed by atoms with Crippen molar-refractivity contribution in [2.24, 2.45) is 7.05 Å². The second kappa shape index (κ2) is 4.61. The van der Waals surface area contributed by atoms with Gasteiger partial charge in [-0.2, -0.15) is 5.10 Å². The third kappa shape index (κ3) is 2.46. The van der Waals surface area contributed by atoms with Crippen molar-refractivity contribution in [2.75, 3.05) is 20.3 Å². The number of hydrogen-bond donors (Lipinski definition) is 1. The number of carboxylic acids is 1. The predicted octanol–water partition coefficient (Wildman–Crippen LogP) is 0.143. The molecule has 1 N–H and O–H groups in total. The first-order valence-electron chi connectivity index (χ1n) is 4.04. The van der Waals surface area contributed by atoms with Crippen LogP contribution in [0.2, 0.25) is 0 Å². The van der Waals surface area contributed by atoms with Crippen LogP contribution in [0, 0.1) is 0 Å². The lowest BCUT2D eigenvalue weighted by Crippen LogP contribution is -2.07. The smallest absolute Gasteiger partial charge is 0.356 e. The summed E-state index contributed by atoms with van der Waals surface area (Å²) in [4.78, 5) is 10.5. The standard InChI is InChI=1S/C8H12N2O4/c1-10-7(14-4-3-13-2)5-6(9-10)8(11)12/h5H,3-4H2,1-2H3,(H,11,12). The number of hydrogen-bond acceptors (Lipinski definition) is 4. The lowest BCUT2D eigenvalue weighted by Gasteiger charge is -2.03. The Kier molecular flexibility index (Phi) is 3.47. The zero-order valence-corrected chi connectivity index (χ0v) is 8.06. The second-order valence-electron chi connectivity index (χ2n) is 2.64. The van der Waals surface area contributed by atoms with Gasteiger partial charge in [0.1, 0.15) is 6.61 Å². The highest BCUT2D eigenvalue weighted by atomic mass is 16.5. The van der Waals surface area contributed by atoms with Crippen LogP contribution in [0.1, 0.15) is 10.5 Å². The number of carboxylic acid groups (broad SMARTS) is 1. The molecule has 1 aromatic heterocycles. The molecule has 0 saturated heterocycles. The summed E-state index contributed by atoms with van der Waals surface area (Å²) < 4.78 is 11.4. The lowest BCUT2D eigenvalue weighted by atomic mass is 10.4. The average Bonchev–Trinajstić information content (AvgIpc) is 2.49. The van der Waals surface area contributed by atoms with E-state index in [1.807, 2.05) is 0 Å². The van der Waals surface area contributed by atoms with Crippen molar-refractivity contribution >= 4 is 5.97 Å². The molecule has 0 aliphatic heterocycles. The Morgan fingerprint density at radius 2 is 2.36 bits per heavy atom. The number of carbonyl (C=O) groups is 1. The number of nitrogens with zero attached hydrogens (tertiary/aromatic N) is 2. The molecule has 78 valence electrons. The Balaban J connectivity index is 2.63. The van der Waals surface area contributed by atoms with E-state index >= 15 is 0 Å². The molecule has 0 aromatic carbocycles. The van der Waals surface area contributed by atoms with E-state index in [-0.39, 0.29) is 5.69 Å². The largest absolute Gasteiger partial charge is 0.476 e. The van der Waals surface area contributed by atoms with Crippen LogP contribution >= 0.6 is 0 Å². The van der Waals surface area contributed by atoms with E-state index in [0.29, 0.717) is 19.1 Å². The SMILES string of the molecule is COCCOc1cc(C(=O)O)nn1C. The summed E-state index contributed by atoms with van der Waals surface area (Å²) in [6.07, 6.45) is 0. The van der Waals surface area contributed by atoms with E-state index < -0.39 is 5.97 Å². The number of aromatic carboxylic acids is 1. The topological polar surface area (TPSA) is 73.6 Å². The molecular weight excluding hydrogens is 188 g/mol. The number of aromatic nitrogens is 2. The minimum Gasteiger partial charge on any atom is -0.476 e. The zero-order chi connectivity index (χ0) is 10.6. The van der Waals surface area contributed by atoms with Crippen molar-refractivity contribution in [3.63, 3.8) is 0 Å². The third-order valence-corrected chi connectivity index (χ3v) is 1.59. The molecule has 6 nitrogen and oxygen atoms in total. The highest BCUT2D eigenvalue weighted by molar-refractivity contribution is 5.85. The summed E-state index contributed by atoms with van der Waals surface area (Å²) in [6, 6.07) is 1.37. The number of aryl methyl sites for hydroxylation is 1. The fraction of sp³-hybridized carbons (Fsp3) is 0.500. The quantitative estimate of drug-likeness (QED) is 0.684. The van der Waals surface area contributed by atoms with Gasteiger partial charge in [-0.1, -0.05) is 0 Å². The van der Waals surface area contributed by atoms with Crippen LogP contribution in [0.5, 0.6) is 5.88 Å². The van der Waals surface area contributed by atoms with Crippen LogP contribution in [0.4, 0.5) is 0 Å². The molecule has 0 saturated carbocycles. The Morgan fingerprint density at radius 1 is 1.64 bits per heavy atom. The van der Waals surface area contributed by atoms with E-state index in [0.717, 1.165) is 0 Å². The zero-order valence-electron chi connectivity index (χ0n) is 8.06. The van der Waals surface area contributed by atoms with E-state index in [4.69, 9.17) is 14.6 Å². The Labute approximate surface area is 81.0 Å². The normalized spacial score (nSPS) is 10.1. The van der Waals surface area contributed by atoms with E-state index in [1.165, 1.54) is 10.7 Å². The van der Waals surface area contributed by atoms with Crippen molar-refractivity contribution in [1.82, 2.24) is 9.78 Å². The molecule has 14 heavy (non-hydrogen) atoms. The molecule has 1 rings (SSSR count). The van der Waals surface area contributed by atoms with Crippen LogP contribution in [0.15, 0.2) is 6.07 Å². The maximum absolute atomic E-state index is 10.5.